The molecule has 1 aliphatic rings. The van der Waals surface area contributed by atoms with E-state index >= 15 is 0 Å². The lowest BCUT2D eigenvalue weighted by molar-refractivity contribution is -0.121. The Balaban J connectivity index is 2.37. The number of nitrogens with one attached hydrogen (secondary N) is 3. The standard InChI is InChI=1S/C15H29N3O2/c1-4-16-15(20)18-14(19)12(3)17-11(2)13-9-7-5-6-8-10-13/h11-13,17H,4-10H2,1-3H3,(H2,16,18,19,20)/t11-,12?/m0/s1. The number of carbonyl (C=O) groups excluding carboxylic acids is 2. The zero-order valence-corrected chi connectivity index (χ0v) is 13.0. The minimum Gasteiger partial charge on any atom is -0.338 e. The summed E-state index contributed by atoms with van der Waals surface area (Å²) in [7, 11) is 0. The Kier molecular flexibility index (Phi) is 7.59. The maximum Gasteiger partial charge on any atom is 0.321 e. The minimum atomic E-state index is -0.423. The van der Waals surface area contributed by atoms with Gasteiger partial charge in [0.1, 0.15) is 0 Å². The Hall–Kier alpha value is -1.10. The summed E-state index contributed by atoms with van der Waals surface area (Å²) in [5, 5.41) is 8.24. The molecule has 1 aliphatic carbocycles. The van der Waals surface area contributed by atoms with Crippen molar-refractivity contribution in [3.05, 3.63) is 0 Å². The average molecular weight is 283 g/mol. The first-order chi connectivity index (χ1) is 9.54. The molecule has 20 heavy (non-hydrogen) atoms. The number of hydrogen-bond donors (Lipinski definition) is 3. The Morgan fingerprint density at radius 3 is 2.25 bits per heavy atom. The van der Waals surface area contributed by atoms with Crippen molar-refractivity contribution in [2.24, 2.45) is 5.92 Å². The fourth-order valence-electron chi connectivity index (χ4n) is 2.84. The second kappa shape index (κ2) is 8.95. The summed E-state index contributed by atoms with van der Waals surface area (Å²) in [4.78, 5) is 23.2. The molecule has 1 unspecified atom stereocenters. The predicted octanol–water partition coefficient (Wildman–Crippen LogP) is 2.17. The van der Waals surface area contributed by atoms with E-state index in [1.807, 2.05) is 13.8 Å². The van der Waals surface area contributed by atoms with Crippen LogP contribution in [0.25, 0.3) is 0 Å². The third kappa shape index (κ3) is 5.90. The highest BCUT2D eigenvalue weighted by Gasteiger charge is 2.23. The summed E-state index contributed by atoms with van der Waals surface area (Å²) < 4.78 is 0. The lowest BCUT2D eigenvalue weighted by atomic mass is 9.92. The molecule has 0 heterocycles. The number of hydrogen-bond acceptors (Lipinski definition) is 3. The van der Waals surface area contributed by atoms with E-state index in [9.17, 15) is 9.59 Å². The Morgan fingerprint density at radius 2 is 1.70 bits per heavy atom. The van der Waals surface area contributed by atoms with E-state index < -0.39 is 6.03 Å². The van der Waals surface area contributed by atoms with Crippen LogP contribution in [0.1, 0.15) is 59.3 Å². The molecule has 0 radical (unpaired) electrons. The molecule has 116 valence electrons. The molecular weight excluding hydrogens is 254 g/mol. The molecule has 1 saturated carbocycles. The van der Waals surface area contributed by atoms with Gasteiger partial charge in [0, 0.05) is 12.6 Å². The number of amides is 3. The van der Waals surface area contributed by atoms with E-state index in [-0.39, 0.29) is 11.9 Å². The molecule has 2 atom stereocenters. The second-order valence-corrected chi connectivity index (χ2v) is 5.78. The van der Waals surface area contributed by atoms with Gasteiger partial charge in [0.2, 0.25) is 5.91 Å². The van der Waals surface area contributed by atoms with Crippen LogP contribution < -0.4 is 16.0 Å². The van der Waals surface area contributed by atoms with Gasteiger partial charge in [-0.05, 0) is 39.5 Å². The zero-order valence-electron chi connectivity index (χ0n) is 13.0. The van der Waals surface area contributed by atoms with Gasteiger partial charge in [0.05, 0.1) is 6.04 Å². The largest absolute Gasteiger partial charge is 0.338 e. The van der Waals surface area contributed by atoms with Gasteiger partial charge in [-0.15, -0.1) is 0 Å². The van der Waals surface area contributed by atoms with Gasteiger partial charge in [0.15, 0.2) is 0 Å². The van der Waals surface area contributed by atoms with Gasteiger partial charge in [0.25, 0.3) is 0 Å². The summed E-state index contributed by atoms with van der Waals surface area (Å²) in [5.41, 5.74) is 0. The van der Waals surface area contributed by atoms with Crippen molar-refractivity contribution in [2.75, 3.05) is 6.54 Å². The molecule has 1 rings (SSSR count). The lowest BCUT2D eigenvalue weighted by Crippen LogP contribution is -2.51. The molecule has 0 aliphatic heterocycles. The highest BCUT2D eigenvalue weighted by Crippen LogP contribution is 2.25. The molecule has 0 aromatic heterocycles. The van der Waals surface area contributed by atoms with Gasteiger partial charge in [-0.3, -0.25) is 10.1 Å². The van der Waals surface area contributed by atoms with Gasteiger partial charge in [-0.25, -0.2) is 4.79 Å². The van der Waals surface area contributed by atoms with Gasteiger partial charge in [-0.2, -0.15) is 0 Å². The van der Waals surface area contributed by atoms with Crippen LogP contribution in [-0.4, -0.2) is 30.6 Å². The molecule has 0 aromatic carbocycles. The Labute approximate surface area is 122 Å². The molecule has 0 bridgehead atoms. The molecular formula is C15H29N3O2. The second-order valence-electron chi connectivity index (χ2n) is 5.78. The van der Waals surface area contributed by atoms with E-state index in [1.54, 1.807) is 0 Å². The van der Waals surface area contributed by atoms with Crippen LogP contribution in [0, 0.1) is 5.92 Å². The van der Waals surface area contributed by atoms with Crippen LogP contribution >= 0.6 is 0 Å². The Bertz CT molecular complexity index is 312. The maximum atomic E-state index is 11.9. The van der Waals surface area contributed by atoms with Crippen LogP contribution in [0.3, 0.4) is 0 Å². The van der Waals surface area contributed by atoms with E-state index in [2.05, 4.69) is 22.9 Å². The number of rotatable bonds is 5. The Morgan fingerprint density at radius 1 is 1.10 bits per heavy atom. The van der Waals surface area contributed by atoms with Crippen LogP contribution in [-0.2, 0) is 4.79 Å². The van der Waals surface area contributed by atoms with Crippen LogP contribution in [0.2, 0.25) is 0 Å². The molecule has 3 N–H and O–H groups in total. The van der Waals surface area contributed by atoms with E-state index in [0.717, 1.165) is 0 Å². The van der Waals surface area contributed by atoms with Crippen LogP contribution in [0.4, 0.5) is 4.79 Å². The fraction of sp³-hybridized carbons (Fsp3) is 0.867. The number of imide groups is 1. The van der Waals surface area contributed by atoms with Crippen molar-refractivity contribution in [1.29, 1.82) is 0 Å². The van der Waals surface area contributed by atoms with Crippen molar-refractivity contribution in [3.8, 4) is 0 Å². The normalized spacial score (nSPS) is 19.8. The first-order valence-corrected chi connectivity index (χ1v) is 7.89. The number of urea groups is 1. The summed E-state index contributed by atoms with van der Waals surface area (Å²) in [6.45, 7) is 6.28. The van der Waals surface area contributed by atoms with Crippen molar-refractivity contribution >= 4 is 11.9 Å². The van der Waals surface area contributed by atoms with Gasteiger partial charge in [-0.1, -0.05) is 25.7 Å². The molecule has 1 fully saturated rings. The minimum absolute atomic E-state index is 0.267. The zero-order chi connectivity index (χ0) is 15.0. The number of carbonyl (C=O) groups is 2. The topological polar surface area (TPSA) is 70.2 Å². The highest BCUT2D eigenvalue weighted by molar-refractivity contribution is 5.96. The van der Waals surface area contributed by atoms with Gasteiger partial charge < -0.3 is 10.6 Å². The van der Waals surface area contributed by atoms with E-state index in [4.69, 9.17) is 0 Å². The lowest BCUT2D eigenvalue weighted by Gasteiger charge is -2.26. The fourth-order valence-corrected chi connectivity index (χ4v) is 2.84. The van der Waals surface area contributed by atoms with E-state index in [0.29, 0.717) is 18.5 Å². The van der Waals surface area contributed by atoms with Crippen molar-refractivity contribution in [3.63, 3.8) is 0 Å². The predicted molar refractivity (Wildman–Crippen MR) is 80.5 cm³/mol. The molecule has 0 aromatic rings. The third-order valence-corrected chi connectivity index (χ3v) is 4.09. The van der Waals surface area contributed by atoms with Crippen LogP contribution in [0.15, 0.2) is 0 Å². The van der Waals surface area contributed by atoms with Crippen molar-refractivity contribution in [2.45, 2.75) is 71.4 Å². The highest BCUT2D eigenvalue weighted by atomic mass is 16.2. The van der Waals surface area contributed by atoms with E-state index in [1.165, 1.54) is 38.5 Å². The summed E-state index contributed by atoms with van der Waals surface area (Å²) in [6, 6.07) is -0.466. The first kappa shape index (κ1) is 17.0. The van der Waals surface area contributed by atoms with Crippen LogP contribution in [0.5, 0.6) is 0 Å². The quantitative estimate of drug-likeness (QED) is 0.677. The molecule has 0 spiro atoms. The summed E-state index contributed by atoms with van der Waals surface area (Å²) in [6.07, 6.45) is 7.71. The SMILES string of the molecule is CCNC(=O)NC(=O)C(C)N[C@@H](C)C1CCCCCC1. The molecule has 3 amide bonds. The third-order valence-electron chi connectivity index (χ3n) is 4.09. The first-order valence-electron chi connectivity index (χ1n) is 7.89. The van der Waals surface area contributed by atoms with Gasteiger partial charge >= 0.3 is 6.03 Å². The monoisotopic (exact) mass is 283 g/mol. The maximum absolute atomic E-state index is 11.9. The summed E-state index contributed by atoms with van der Waals surface area (Å²) >= 11 is 0. The smallest absolute Gasteiger partial charge is 0.321 e. The van der Waals surface area contributed by atoms with Crippen molar-refractivity contribution < 1.29 is 9.59 Å². The molecule has 5 heteroatoms. The molecule has 0 saturated heterocycles. The molecule has 5 nitrogen and oxygen atoms in total. The average Bonchev–Trinajstić information content (AvgIpc) is 2.67. The summed E-state index contributed by atoms with van der Waals surface area (Å²) in [5.74, 6) is 0.369. The van der Waals surface area contributed by atoms with Crippen molar-refractivity contribution in [1.82, 2.24) is 16.0 Å².